The Morgan fingerprint density at radius 2 is 2.17 bits per heavy atom. The molecule has 24 heavy (non-hydrogen) atoms. The van der Waals surface area contributed by atoms with Crippen LogP contribution in [0.25, 0.3) is 0 Å². The molecule has 0 unspecified atom stereocenters. The summed E-state index contributed by atoms with van der Waals surface area (Å²) in [4.78, 5) is 26.5. The molecule has 0 fully saturated rings. The number of hydrogen-bond acceptors (Lipinski definition) is 5. The second-order valence-electron chi connectivity index (χ2n) is 5.87. The zero-order chi connectivity index (χ0) is 17.9. The Labute approximate surface area is 143 Å². The predicted octanol–water partition coefficient (Wildman–Crippen LogP) is 2.61. The first-order valence-electron chi connectivity index (χ1n) is 8.52. The fourth-order valence-corrected chi connectivity index (χ4v) is 2.46. The van der Waals surface area contributed by atoms with Crippen molar-refractivity contribution in [1.29, 1.82) is 0 Å². The number of ether oxygens (including phenoxy) is 1. The normalized spacial score (nSPS) is 12.0. The minimum Gasteiger partial charge on any atom is -0.383 e. The molecule has 0 spiro atoms. The third-order valence-corrected chi connectivity index (χ3v) is 3.86. The largest absolute Gasteiger partial charge is 0.383 e. The number of unbranched alkanes of at least 4 members (excludes halogenated alkanes) is 1. The van der Waals surface area contributed by atoms with Crippen molar-refractivity contribution in [1.82, 2.24) is 10.1 Å². The van der Waals surface area contributed by atoms with Crippen molar-refractivity contribution in [2.45, 2.75) is 46.5 Å². The molecule has 1 heterocycles. The topological polar surface area (TPSA) is 84.7 Å². The molecule has 136 valence electrons. The van der Waals surface area contributed by atoms with E-state index in [9.17, 15) is 9.59 Å². The highest BCUT2D eigenvalue weighted by atomic mass is 16.5. The van der Waals surface area contributed by atoms with E-state index in [0.717, 1.165) is 25.7 Å². The Hall–Kier alpha value is -1.89. The minimum absolute atomic E-state index is 0.00878. The number of anilines is 1. The SMILES string of the molecule is CCCC[C@H](CC)C(=O)N(CCOC)CC(=O)Nc1cc(C)on1. The van der Waals surface area contributed by atoms with Gasteiger partial charge in [0, 0.05) is 25.6 Å². The summed E-state index contributed by atoms with van der Waals surface area (Å²) in [6.07, 6.45) is 3.67. The van der Waals surface area contributed by atoms with E-state index in [1.807, 2.05) is 6.92 Å². The minimum atomic E-state index is -0.293. The van der Waals surface area contributed by atoms with E-state index in [2.05, 4.69) is 17.4 Å². The molecule has 0 radical (unpaired) electrons. The second kappa shape index (κ2) is 10.8. The Kier molecular flexibility index (Phi) is 9.07. The summed E-state index contributed by atoms with van der Waals surface area (Å²) in [5.41, 5.74) is 0. The molecule has 0 aliphatic heterocycles. The van der Waals surface area contributed by atoms with Gasteiger partial charge in [-0.15, -0.1) is 0 Å². The van der Waals surface area contributed by atoms with Crippen LogP contribution in [0.1, 0.15) is 45.3 Å². The summed E-state index contributed by atoms with van der Waals surface area (Å²) >= 11 is 0. The highest BCUT2D eigenvalue weighted by molar-refractivity contribution is 5.94. The number of nitrogens with zero attached hydrogens (tertiary/aromatic N) is 2. The third-order valence-electron chi connectivity index (χ3n) is 3.86. The molecule has 0 aliphatic carbocycles. The van der Waals surface area contributed by atoms with Crippen molar-refractivity contribution in [2.24, 2.45) is 5.92 Å². The van der Waals surface area contributed by atoms with Gasteiger partial charge in [0.15, 0.2) is 5.82 Å². The molecule has 0 saturated carbocycles. The summed E-state index contributed by atoms with van der Waals surface area (Å²) in [5, 5.41) is 6.37. The van der Waals surface area contributed by atoms with E-state index in [1.54, 1.807) is 25.0 Å². The van der Waals surface area contributed by atoms with Gasteiger partial charge in [-0.2, -0.15) is 0 Å². The molecule has 1 aromatic rings. The van der Waals surface area contributed by atoms with E-state index in [4.69, 9.17) is 9.26 Å². The molecule has 1 rings (SSSR count). The standard InChI is InChI=1S/C17H29N3O4/c1-5-7-8-14(6-2)17(22)20(9-10-23-4)12-16(21)18-15-11-13(3)24-19-15/h11,14H,5-10,12H2,1-4H3,(H,18,19,21)/t14-/m0/s1. The van der Waals surface area contributed by atoms with Gasteiger partial charge >= 0.3 is 0 Å². The number of carbonyl (C=O) groups excluding carboxylic acids is 2. The molecule has 0 bridgehead atoms. The molecule has 1 aromatic heterocycles. The number of hydrogen-bond donors (Lipinski definition) is 1. The summed E-state index contributed by atoms with van der Waals surface area (Å²) in [7, 11) is 1.58. The Morgan fingerprint density at radius 1 is 1.42 bits per heavy atom. The smallest absolute Gasteiger partial charge is 0.245 e. The predicted molar refractivity (Wildman–Crippen MR) is 91.6 cm³/mol. The number of aromatic nitrogens is 1. The van der Waals surface area contributed by atoms with Crippen LogP contribution in [0.3, 0.4) is 0 Å². The average molecular weight is 339 g/mol. The lowest BCUT2D eigenvalue weighted by atomic mass is 9.97. The summed E-state index contributed by atoms with van der Waals surface area (Å²) < 4.78 is 9.98. The molecule has 0 aliphatic rings. The first-order valence-corrected chi connectivity index (χ1v) is 8.52. The van der Waals surface area contributed by atoms with Gasteiger partial charge in [-0.1, -0.05) is 31.8 Å². The summed E-state index contributed by atoms with van der Waals surface area (Å²) in [5.74, 6) is 0.634. The Balaban J connectivity index is 2.68. The number of aryl methyl sites for hydroxylation is 1. The molecular weight excluding hydrogens is 310 g/mol. The number of nitrogens with one attached hydrogen (secondary N) is 1. The van der Waals surface area contributed by atoms with Crippen molar-refractivity contribution in [3.8, 4) is 0 Å². The molecular formula is C17H29N3O4. The van der Waals surface area contributed by atoms with Crippen LogP contribution in [0.15, 0.2) is 10.6 Å². The quantitative estimate of drug-likeness (QED) is 0.670. The molecule has 1 N–H and O–H groups in total. The van der Waals surface area contributed by atoms with Crippen molar-refractivity contribution in [3.05, 3.63) is 11.8 Å². The van der Waals surface area contributed by atoms with E-state index >= 15 is 0 Å². The first kappa shape index (κ1) is 20.2. The molecule has 2 amide bonds. The summed E-state index contributed by atoms with van der Waals surface area (Å²) in [6, 6.07) is 1.63. The fourth-order valence-electron chi connectivity index (χ4n) is 2.46. The lowest BCUT2D eigenvalue weighted by molar-refractivity contribution is -0.139. The van der Waals surface area contributed by atoms with Gasteiger partial charge < -0.3 is 19.5 Å². The number of rotatable bonds is 11. The van der Waals surface area contributed by atoms with Crippen LogP contribution in [0, 0.1) is 12.8 Å². The van der Waals surface area contributed by atoms with Crippen LogP contribution in [0.2, 0.25) is 0 Å². The fraction of sp³-hybridized carbons (Fsp3) is 0.706. The van der Waals surface area contributed by atoms with Crippen LogP contribution in [0.4, 0.5) is 5.82 Å². The van der Waals surface area contributed by atoms with E-state index < -0.39 is 0 Å². The maximum atomic E-state index is 12.7. The Morgan fingerprint density at radius 3 is 2.71 bits per heavy atom. The van der Waals surface area contributed by atoms with Gasteiger partial charge in [-0.25, -0.2) is 0 Å². The van der Waals surface area contributed by atoms with Gasteiger partial charge in [-0.05, 0) is 19.8 Å². The molecule has 1 atom stereocenters. The van der Waals surface area contributed by atoms with Crippen molar-refractivity contribution < 1.29 is 18.8 Å². The molecule has 0 aromatic carbocycles. The number of methoxy groups -OCH3 is 1. The molecule has 7 heteroatoms. The van der Waals surface area contributed by atoms with Crippen LogP contribution < -0.4 is 5.32 Å². The van der Waals surface area contributed by atoms with Gasteiger partial charge in [0.05, 0.1) is 13.2 Å². The zero-order valence-electron chi connectivity index (χ0n) is 15.1. The van der Waals surface area contributed by atoms with Crippen LogP contribution in [0.5, 0.6) is 0 Å². The molecule has 0 saturated heterocycles. The van der Waals surface area contributed by atoms with Gasteiger partial charge in [-0.3, -0.25) is 9.59 Å². The molecule has 7 nitrogen and oxygen atoms in total. The van der Waals surface area contributed by atoms with Crippen LogP contribution >= 0.6 is 0 Å². The highest BCUT2D eigenvalue weighted by Gasteiger charge is 2.24. The van der Waals surface area contributed by atoms with Crippen molar-refractivity contribution >= 4 is 17.6 Å². The highest BCUT2D eigenvalue weighted by Crippen LogP contribution is 2.16. The Bertz CT molecular complexity index is 516. The lowest BCUT2D eigenvalue weighted by Crippen LogP contribution is -2.43. The zero-order valence-corrected chi connectivity index (χ0v) is 15.1. The monoisotopic (exact) mass is 339 g/mol. The number of amides is 2. The van der Waals surface area contributed by atoms with Crippen LogP contribution in [-0.4, -0.2) is 48.7 Å². The van der Waals surface area contributed by atoms with E-state index in [1.165, 1.54) is 0 Å². The maximum Gasteiger partial charge on any atom is 0.245 e. The maximum absolute atomic E-state index is 12.7. The average Bonchev–Trinajstić information content (AvgIpc) is 2.96. The van der Waals surface area contributed by atoms with Crippen LogP contribution in [-0.2, 0) is 14.3 Å². The van der Waals surface area contributed by atoms with E-state index in [0.29, 0.717) is 24.7 Å². The van der Waals surface area contributed by atoms with Gasteiger partial charge in [0.2, 0.25) is 11.8 Å². The summed E-state index contributed by atoms with van der Waals surface area (Å²) in [6.45, 7) is 6.63. The van der Waals surface area contributed by atoms with Gasteiger partial charge in [0.1, 0.15) is 5.76 Å². The van der Waals surface area contributed by atoms with Gasteiger partial charge in [0.25, 0.3) is 0 Å². The first-order chi connectivity index (χ1) is 11.5. The van der Waals surface area contributed by atoms with E-state index in [-0.39, 0.29) is 24.3 Å². The lowest BCUT2D eigenvalue weighted by Gasteiger charge is -2.26. The van der Waals surface area contributed by atoms with Crippen molar-refractivity contribution in [2.75, 3.05) is 32.1 Å². The van der Waals surface area contributed by atoms with Crippen molar-refractivity contribution in [3.63, 3.8) is 0 Å². The number of carbonyl (C=O) groups is 2. The third kappa shape index (κ3) is 6.70. The second-order valence-corrected chi connectivity index (χ2v) is 5.87.